The second-order valence-electron chi connectivity index (χ2n) is 7.09. The molecule has 5 nitrogen and oxygen atoms in total. The molecule has 0 saturated heterocycles. The highest BCUT2D eigenvalue weighted by Crippen LogP contribution is 2.56. The van der Waals surface area contributed by atoms with Crippen molar-refractivity contribution in [2.45, 2.75) is 52.4 Å². The van der Waals surface area contributed by atoms with Gasteiger partial charge in [-0.2, -0.15) is 0 Å². The average molecular weight is 308 g/mol. The first-order valence-corrected chi connectivity index (χ1v) is 7.51. The van der Waals surface area contributed by atoms with Gasteiger partial charge in [-0.05, 0) is 47.8 Å². The number of hydrogen-bond acceptors (Lipinski definition) is 5. The van der Waals surface area contributed by atoms with Crippen molar-refractivity contribution in [3.8, 4) is 0 Å². The van der Waals surface area contributed by atoms with Gasteiger partial charge in [-0.15, -0.1) is 0 Å². The molecule has 0 aromatic heterocycles. The molecule has 5 heteroatoms. The molecule has 2 N–H and O–H groups in total. The van der Waals surface area contributed by atoms with E-state index in [1.807, 2.05) is 13.8 Å². The molecule has 2 rings (SSSR count). The zero-order chi connectivity index (χ0) is 16.8. The molecule has 1 fully saturated rings. The molecule has 0 heterocycles. The second kappa shape index (κ2) is 5.63. The molecule has 0 aromatic carbocycles. The van der Waals surface area contributed by atoms with Crippen LogP contribution in [0.15, 0.2) is 23.8 Å². The predicted molar refractivity (Wildman–Crippen MR) is 80.8 cm³/mol. The topological polar surface area (TPSA) is 83.8 Å². The summed E-state index contributed by atoms with van der Waals surface area (Å²) >= 11 is 0. The largest absolute Gasteiger partial charge is 0.450 e. The number of carbonyl (C=O) groups is 2. The Kier molecular flexibility index (Phi) is 4.33. The quantitative estimate of drug-likeness (QED) is 0.434. The van der Waals surface area contributed by atoms with E-state index >= 15 is 0 Å². The van der Waals surface area contributed by atoms with Gasteiger partial charge in [0.05, 0.1) is 6.10 Å². The van der Waals surface area contributed by atoms with Gasteiger partial charge in [0, 0.05) is 6.92 Å². The third-order valence-electron chi connectivity index (χ3n) is 4.97. The summed E-state index contributed by atoms with van der Waals surface area (Å²) in [7, 11) is 0. The zero-order valence-corrected chi connectivity index (χ0v) is 13.5. The molecule has 22 heavy (non-hydrogen) atoms. The molecule has 0 aliphatic heterocycles. The lowest BCUT2D eigenvalue weighted by Gasteiger charge is -2.54. The first kappa shape index (κ1) is 16.9. The fraction of sp³-hybridized carbons (Fsp3) is 0.647. The van der Waals surface area contributed by atoms with E-state index in [-0.39, 0.29) is 23.0 Å². The molecule has 122 valence electrons. The van der Waals surface area contributed by atoms with Crippen molar-refractivity contribution in [3.05, 3.63) is 23.8 Å². The number of rotatable bonds is 1. The normalized spacial score (nSPS) is 40.3. The summed E-state index contributed by atoms with van der Waals surface area (Å²) < 4.78 is 5.06. The molecule has 0 aromatic rings. The van der Waals surface area contributed by atoms with Crippen LogP contribution in [0.25, 0.3) is 0 Å². The van der Waals surface area contributed by atoms with E-state index in [0.29, 0.717) is 17.6 Å². The lowest BCUT2D eigenvalue weighted by Crippen LogP contribution is -2.55. The van der Waals surface area contributed by atoms with Crippen molar-refractivity contribution in [1.82, 2.24) is 0 Å². The summed E-state index contributed by atoms with van der Waals surface area (Å²) in [6, 6.07) is 0. The van der Waals surface area contributed by atoms with Crippen LogP contribution in [0.3, 0.4) is 0 Å². The van der Waals surface area contributed by atoms with Crippen molar-refractivity contribution in [1.29, 1.82) is 0 Å². The number of aliphatic hydroxyl groups is 2. The molecule has 0 amide bonds. The monoisotopic (exact) mass is 308 g/mol. The maximum absolute atomic E-state index is 12.6. The van der Waals surface area contributed by atoms with Gasteiger partial charge in [0.2, 0.25) is 5.78 Å². The van der Waals surface area contributed by atoms with Gasteiger partial charge in [-0.1, -0.05) is 20.4 Å². The van der Waals surface area contributed by atoms with Crippen LogP contribution in [0.1, 0.15) is 34.1 Å². The summed E-state index contributed by atoms with van der Waals surface area (Å²) in [6.07, 6.45) is -1.05. The first-order chi connectivity index (χ1) is 10.1. The lowest BCUT2D eigenvalue weighted by atomic mass is 9.51. The molecule has 0 bridgehead atoms. The number of Topliss-reactive ketones (excluding diaryl/α,β-unsaturated/α-hetero) is 1. The van der Waals surface area contributed by atoms with Crippen molar-refractivity contribution in [3.63, 3.8) is 0 Å². The van der Waals surface area contributed by atoms with Crippen LogP contribution < -0.4 is 0 Å². The minimum absolute atomic E-state index is 0.185. The third-order valence-corrected chi connectivity index (χ3v) is 4.97. The average Bonchev–Trinajstić information content (AvgIpc) is 2.41. The van der Waals surface area contributed by atoms with E-state index in [1.54, 1.807) is 6.92 Å². The molecule has 1 saturated carbocycles. The molecule has 2 aliphatic carbocycles. The Hall–Kier alpha value is -1.46. The summed E-state index contributed by atoms with van der Waals surface area (Å²) in [4.78, 5) is 23.8. The van der Waals surface area contributed by atoms with Crippen molar-refractivity contribution < 1.29 is 24.5 Å². The van der Waals surface area contributed by atoms with Crippen molar-refractivity contribution in [2.24, 2.45) is 17.3 Å². The van der Waals surface area contributed by atoms with E-state index in [4.69, 9.17) is 4.74 Å². The Bertz CT molecular complexity index is 545. The molecular weight excluding hydrogens is 284 g/mol. The summed E-state index contributed by atoms with van der Waals surface area (Å²) in [5.74, 6) is -1.39. The van der Waals surface area contributed by atoms with Crippen LogP contribution in [-0.2, 0) is 14.3 Å². The third kappa shape index (κ3) is 2.75. The summed E-state index contributed by atoms with van der Waals surface area (Å²) in [5.41, 5.74) is 0.589. The van der Waals surface area contributed by atoms with Crippen LogP contribution in [0, 0.1) is 17.3 Å². The van der Waals surface area contributed by atoms with Crippen LogP contribution >= 0.6 is 0 Å². The van der Waals surface area contributed by atoms with Gasteiger partial charge < -0.3 is 14.9 Å². The SMILES string of the molecule is C=C1C(=O)[C@@H](OC(C)=O)/C=C(\C)[C@@H](O)[C@@H](O)[C@H]2[C@@H]1CC2(C)C. The van der Waals surface area contributed by atoms with E-state index in [0.717, 1.165) is 0 Å². The van der Waals surface area contributed by atoms with Crippen LogP contribution in [0.5, 0.6) is 0 Å². The Morgan fingerprint density at radius 2 is 2.00 bits per heavy atom. The van der Waals surface area contributed by atoms with E-state index in [9.17, 15) is 19.8 Å². The number of ketones is 1. The Morgan fingerprint density at radius 1 is 1.41 bits per heavy atom. The smallest absolute Gasteiger partial charge is 0.303 e. The molecule has 0 unspecified atom stereocenters. The van der Waals surface area contributed by atoms with Gasteiger partial charge in [0.1, 0.15) is 6.10 Å². The maximum atomic E-state index is 12.6. The molecule has 2 aliphatic rings. The van der Waals surface area contributed by atoms with Crippen LogP contribution in [-0.4, -0.2) is 40.3 Å². The second-order valence-corrected chi connectivity index (χ2v) is 7.09. The minimum atomic E-state index is -1.09. The van der Waals surface area contributed by atoms with Crippen molar-refractivity contribution in [2.75, 3.05) is 0 Å². The fourth-order valence-corrected chi connectivity index (χ4v) is 3.76. The molecule has 0 radical (unpaired) electrons. The summed E-state index contributed by atoms with van der Waals surface area (Å²) in [5, 5.41) is 20.9. The fourth-order valence-electron chi connectivity index (χ4n) is 3.76. The highest BCUT2D eigenvalue weighted by Gasteiger charge is 2.55. The van der Waals surface area contributed by atoms with Crippen molar-refractivity contribution >= 4 is 11.8 Å². The number of fused-ring (bicyclic) bond motifs is 1. The van der Waals surface area contributed by atoms with Gasteiger partial charge in [-0.3, -0.25) is 9.59 Å². The van der Waals surface area contributed by atoms with Gasteiger partial charge in [-0.25, -0.2) is 0 Å². The maximum Gasteiger partial charge on any atom is 0.303 e. The number of ether oxygens (including phenoxy) is 1. The standard InChI is InChI=1S/C17H24O5/c1-8-6-12(22-10(3)18)15(20)9(2)11-7-17(4,5)13(11)16(21)14(8)19/h6,11-14,16,19,21H,2,7H2,1,3-5H3/b8-6+/t11-,12+,13-,14-,16+/m1/s1. The number of esters is 1. The van der Waals surface area contributed by atoms with E-state index in [1.165, 1.54) is 13.0 Å². The van der Waals surface area contributed by atoms with Crippen LogP contribution in [0.4, 0.5) is 0 Å². The highest BCUT2D eigenvalue weighted by atomic mass is 16.5. The number of carbonyl (C=O) groups excluding carboxylic acids is 2. The van der Waals surface area contributed by atoms with Gasteiger partial charge in [0.15, 0.2) is 6.10 Å². The Labute approximate surface area is 130 Å². The predicted octanol–water partition coefficient (Wildman–Crippen LogP) is 1.39. The first-order valence-electron chi connectivity index (χ1n) is 7.51. The van der Waals surface area contributed by atoms with E-state index < -0.39 is 24.3 Å². The summed E-state index contributed by atoms with van der Waals surface area (Å²) in [6.45, 7) is 10.7. The van der Waals surface area contributed by atoms with Gasteiger partial charge >= 0.3 is 5.97 Å². The minimum Gasteiger partial charge on any atom is -0.450 e. The molecular formula is C17H24O5. The number of hydrogen-bond donors (Lipinski definition) is 2. The van der Waals surface area contributed by atoms with E-state index in [2.05, 4.69) is 6.58 Å². The molecule has 5 atom stereocenters. The molecule has 0 spiro atoms. The van der Waals surface area contributed by atoms with Gasteiger partial charge in [0.25, 0.3) is 0 Å². The Morgan fingerprint density at radius 3 is 2.50 bits per heavy atom. The zero-order valence-electron chi connectivity index (χ0n) is 13.5. The Balaban J connectivity index is 2.43. The lowest BCUT2D eigenvalue weighted by molar-refractivity contribution is -0.150. The van der Waals surface area contributed by atoms with Crippen LogP contribution in [0.2, 0.25) is 0 Å². The highest BCUT2D eigenvalue weighted by molar-refractivity contribution is 6.01. The number of aliphatic hydroxyl groups excluding tert-OH is 2.